The molecule has 4 aromatic carbocycles. The molecule has 14 nitrogen and oxygen atoms in total. The quantitative estimate of drug-likeness (QED) is 0.0906. The molecule has 0 aromatic heterocycles. The molecule has 0 unspecified atom stereocenters. The lowest BCUT2D eigenvalue weighted by molar-refractivity contribution is 0.0718. The molecule has 0 aliphatic carbocycles. The summed E-state index contributed by atoms with van der Waals surface area (Å²) in [5.41, 5.74) is -0.429. The zero-order valence-electron chi connectivity index (χ0n) is 28.3. The minimum atomic E-state index is -0.967. The van der Waals surface area contributed by atoms with Crippen molar-refractivity contribution in [3.05, 3.63) is 89.0 Å². The second kappa shape index (κ2) is 16.7. The Morgan fingerprint density at radius 3 is 1.08 bits per heavy atom. The van der Waals surface area contributed by atoms with E-state index in [2.05, 4.69) is 0 Å². The van der Waals surface area contributed by atoms with Crippen LogP contribution in [0.15, 0.2) is 66.7 Å². The summed E-state index contributed by atoms with van der Waals surface area (Å²) in [4.78, 5) is 54.1. The summed E-state index contributed by atoms with van der Waals surface area (Å²) in [5, 5.41) is 0. The molecule has 0 bridgehead atoms. The molecule has 0 atom stereocenters. The zero-order valence-corrected chi connectivity index (χ0v) is 28.3. The maximum Gasteiger partial charge on any atom is 0.347 e. The Morgan fingerprint density at radius 1 is 0.420 bits per heavy atom. The van der Waals surface area contributed by atoms with Gasteiger partial charge in [0.15, 0.2) is 5.78 Å². The van der Waals surface area contributed by atoms with Crippen molar-refractivity contribution in [3.63, 3.8) is 0 Å². The van der Waals surface area contributed by atoms with Crippen molar-refractivity contribution in [2.45, 2.75) is 0 Å². The van der Waals surface area contributed by atoms with E-state index in [4.69, 9.17) is 47.4 Å². The highest BCUT2D eigenvalue weighted by molar-refractivity contribution is 6.06. The Morgan fingerprint density at radius 2 is 0.760 bits per heavy atom. The summed E-state index contributed by atoms with van der Waals surface area (Å²) < 4.78 is 53.8. The van der Waals surface area contributed by atoms with Gasteiger partial charge < -0.3 is 47.4 Å². The molecule has 262 valence electrons. The van der Waals surface area contributed by atoms with E-state index in [0.717, 1.165) is 12.1 Å². The minimum Gasteiger partial charge on any atom is -0.497 e. The normalized spacial score (nSPS) is 10.4. The minimum absolute atomic E-state index is 0.0101. The molecule has 0 aliphatic rings. The van der Waals surface area contributed by atoms with E-state index in [1.165, 1.54) is 104 Å². The highest BCUT2D eigenvalue weighted by Gasteiger charge is 2.28. The number of rotatable bonds is 15. The lowest BCUT2D eigenvalue weighted by Gasteiger charge is -2.17. The molecule has 4 rings (SSSR count). The Kier molecular flexibility index (Phi) is 12.2. The van der Waals surface area contributed by atoms with Crippen molar-refractivity contribution >= 4 is 23.7 Å². The number of hydrogen-bond acceptors (Lipinski definition) is 14. The summed E-state index contributed by atoms with van der Waals surface area (Å²) in [7, 11) is 9.66. The molecule has 0 saturated carbocycles. The first-order valence-corrected chi connectivity index (χ1v) is 14.6. The molecular weight excluding hydrogens is 656 g/mol. The zero-order chi connectivity index (χ0) is 36.4. The highest BCUT2D eigenvalue weighted by atomic mass is 16.6. The summed E-state index contributed by atoms with van der Waals surface area (Å²) in [5.74, 6) is -3.12. The number of ether oxygens (including phenoxy) is 10. The smallest absolute Gasteiger partial charge is 0.347 e. The lowest BCUT2D eigenvalue weighted by Crippen LogP contribution is -2.19. The van der Waals surface area contributed by atoms with Crippen LogP contribution in [0.5, 0.6) is 51.7 Å². The maximum atomic E-state index is 13.6. The van der Waals surface area contributed by atoms with Crippen LogP contribution in [0.25, 0.3) is 0 Å². The van der Waals surface area contributed by atoms with Crippen LogP contribution < -0.4 is 42.6 Å². The van der Waals surface area contributed by atoms with Crippen molar-refractivity contribution in [2.24, 2.45) is 0 Å². The molecule has 0 fully saturated rings. The molecule has 0 spiro atoms. The van der Waals surface area contributed by atoms with Crippen LogP contribution in [0.3, 0.4) is 0 Å². The van der Waals surface area contributed by atoms with Crippen LogP contribution in [0.2, 0.25) is 0 Å². The largest absolute Gasteiger partial charge is 0.497 e. The Bertz CT molecular complexity index is 1810. The standard InChI is InChI=1S/C36H34O14/c1-41-19-27(37)33-31(49-35(39)25-12-9-21(43-3)15-29(25)46-6)17-23(48-34(38)24-11-8-20(42-2)14-28(24)45-5)18-32(33)50-36(40)26-13-10-22(44-4)16-30(26)47-7/h8-18H,19H2,1-7H3. The van der Waals surface area contributed by atoms with E-state index in [9.17, 15) is 19.2 Å². The molecule has 50 heavy (non-hydrogen) atoms. The first-order valence-electron chi connectivity index (χ1n) is 14.6. The van der Waals surface area contributed by atoms with Gasteiger partial charge in [0.25, 0.3) is 0 Å². The highest BCUT2D eigenvalue weighted by Crippen LogP contribution is 2.38. The van der Waals surface area contributed by atoms with Crippen LogP contribution in [0.1, 0.15) is 41.4 Å². The van der Waals surface area contributed by atoms with E-state index >= 15 is 0 Å². The topological polar surface area (TPSA) is 161 Å². The van der Waals surface area contributed by atoms with Crippen molar-refractivity contribution < 1.29 is 66.5 Å². The number of carbonyl (C=O) groups excluding carboxylic acids is 4. The summed E-state index contributed by atoms with van der Waals surface area (Å²) in [6.07, 6.45) is 0. The Labute approximate surface area is 287 Å². The molecule has 14 heteroatoms. The molecule has 0 N–H and O–H groups in total. The van der Waals surface area contributed by atoms with Crippen LogP contribution in [0, 0.1) is 0 Å². The third-order valence-corrected chi connectivity index (χ3v) is 7.10. The fourth-order valence-corrected chi connectivity index (χ4v) is 4.64. The number of benzene rings is 4. The van der Waals surface area contributed by atoms with Crippen molar-refractivity contribution in [1.29, 1.82) is 0 Å². The van der Waals surface area contributed by atoms with Gasteiger partial charge in [-0.25, -0.2) is 14.4 Å². The van der Waals surface area contributed by atoms with Gasteiger partial charge in [0, 0.05) is 37.4 Å². The van der Waals surface area contributed by atoms with Gasteiger partial charge in [0.2, 0.25) is 0 Å². The predicted octanol–water partition coefficient (Wildman–Crippen LogP) is 5.22. The van der Waals surface area contributed by atoms with E-state index < -0.39 is 41.8 Å². The summed E-state index contributed by atoms with van der Waals surface area (Å²) in [6.45, 7) is -0.505. The third-order valence-electron chi connectivity index (χ3n) is 7.10. The SMILES string of the molecule is COCC(=O)c1c(OC(=O)c2ccc(OC)cc2OC)cc(OC(=O)c2ccc(OC)cc2OC)cc1OC(=O)c1ccc(OC)cc1OC. The second-order valence-corrected chi connectivity index (χ2v) is 10.0. The van der Waals surface area contributed by atoms with E-state index in [1.54, 1.807) is 0 Å². The van der Waals surface area contributed by atoms with Gasteiger partial charge in [0.1, 0.15) is 80.6 Å². The predicted molar refractivity (Wildman–Crippen MR) is 176 cm³/mol. The van der Waals surface area contributed by atoms with Gasteiger partial charge in [-0.15, -0.1) is 0 Å². The third kappa shape index (κ3) is 8.22. The van der Waals surface area contributed by atoms with E-state index in [-0.39, 0.29) is 45.3 Å². The van der Waals surface area contributed by atoms with Crippen LogP contribution >= 0.6 is 0 Å². The second-order valence-electron chi connectivity index (χ2n) is 10.0. The first-order chi connectivity index (χ1) is 24.1. The number of esters is 3. The average molecular weight is 691 g/mol. The van der Waals surface area contributed by atoms with E-state index in [1.807, 2.05) is 0 Å². The number of Topliss-reactive ketones (excluding diaryl/α,β-unsaturated/α-hetero) is 1. The Balaban J connectivity index is 1.86. The lowest BCUT2D eigenvalue weighted by atomic mass is 10.1. The molecule has 0 amide bonds. The number of ketones is 1. The van der Waals surface area contributed by atoms with Gasteiger partial charge in [-0.05, 0) is 36.4 Å². The molecule has 4 aromatic rings. The fraction of sp³-hybridized carbons (Fsp3) is 0.222. The van der Waals surface area contributed by atoms with Crippen LogP contribution in [-0.4, -0.2) is 80.1 Å². The number of hydrogen-bond donors (Lipinski definition) is 0. The summed E-state index contributed by atoms with van der Waals surface area (Å²) >= 11 is 0. The molecule has 0 saturated heterocycles. The summed E-state index contributed by atoms with van der Waals surface area (Å²) in [6, 6.07) is 15.4. The van der Waals surface area contributed by atoms with Crippen molar-refractivity contribution in [3.8, 4) is 51.7 Å². The Hall–Kier alpha value is -6.28. The van der Waals surface area contributed by atoms with Gasteiger partial charge in [0.05, 0.1) is 42.7 Å². The maximum absolute atomic E-state index is 13.6. The average Bonchev–Trinajstić information content (AvgIpc) is 3.13. The van der Waals surface area contributed by atoms with Gasteiger partial charge in [-0.2, -0.15) is 0 Å². The van der Waals surface area contributed by atoms with Gasteiger partial charge >= 0.3 is 17.9 Å². The molecule has 0 radical (unpaired) electrons. The number of methoxy groups -OCH3 is 7. The monoisotopic (exact) mass is 690 g/mol. The van der Waals surface area contributed by atoms with Crippen LogP contribution in [-0.2, 0) is 4.74 Å². The molecular formula is C36H34O14. The van der Waals surface area contributed by atoms with Crippen LogP contribution in [0.4, 0.5) is 0 Å². The van der Waals surface area contributed by atoms with Gasteiger partial charge in [-0.1, -0.05) is 0 Å². The molecule has 0 aliphatic heterocycles. The first kappa shape index (κ1) is 36.6. The van der Waals surface area contributed by atoms with Crippen molar-refractivity contribution in [2.75, 3.05) is 56.4 Å². The van der Waals surface area contributed by atoms with Gasteiger partial charge in [-0.3, -0.25) is 4.79 Å². The fourth-order valence-electron chi connectivity index (χ4n) is 4.64. The molecule has 0 heterocycles. The van der Waals surface area contributed by atoms with Crippen molar-refractivity contribution in [1.82, 2.24) is 0 Å². The number of carbonyl (C=O) groups is 4. The van der Waals surface area contributed by atoms with E-state index in [0.29, 0.717) is 17.2 Å².